The SMILES string of the molecule is Cc1cccc(C(=O)N2CCCc3cc(C(=O)Nc4ccc(CC#N)cc4)ccc32)c1. The van der Waals surface area contributed by atoms with Gasteiger partial charge in [-0.15, -0.1) is 0 Å². The molecule has 0 bridgehead atoms. The van der Waals surface area contributed by atoms with Crippen LogP contribution in [0.4, 0.5) is 11.4 Å². The zero-order valence-corrected chi connectivity index (χ0v) is 17.4. The number of anilines is 2. The number of aryl methyl sites for hydroxylation is 2. The molecule has 0 saturated carbocycles. The number of nitrogens with one attached hydrogen (secondary N) is 1. The fourth-order valence-electron chi connectivity index (χ4n) is 3.88. The summed E-state index contributed by atoms with van der Waals surface area (Å²) in [5, 5.41) is 11.7. The van der Waals surface area contributed by atoms with Gasteiger partial charge in [-0.25, -0.2) is 0 Å². The average molecular weight is 409 g/mol. The quantitative estimate of drug-likeness (QED) is 0.666. The number of benzene rings is 3. The lowest BCUT2D eigenvalue weighted by Crippen LogP contribution is -2.35. The third-order valence-electron chi connectivity index (χ3n) is 5.47. The Morgan fingerprint density at radius 2 is 1.84 bits per heavy atom. The molecule has 0 aliphatic carbocycles. The van der Waals surface area contributed by atoms with E-state index in [0.29, 0.717) is 29.8 Å². The Morgan fingerprint density at radius 1 is 1.03 bits per heavy atom. The van der Waals surface area contributed by atoms with E-state index >= 15 is 0 Å². The number of amides is 2. The summed E-state index contributed by atoms with van der Waals surface area (Å²) in [5.41, 5.74) is 5.75. The zero-order chi connectivity index (χ0) is 21.8. The second kappa shape index (κ2) is 8.85. The Labute approximate surface area is 181 Å². The first-order valence-electron chi connectivity index (χ1n) is 10.3. The highest BCUT2D eigenvalue weighted by molar-refractivity contribution is 6.08. The lowest BCUT2D eigenvalue weighted by Gasteiger charge is -2.30. The number of carbonyl (C=O) groups is 2. The third kappa shape index (κ3) is 4.49. The molecule has 0 radical (unpaired) electrons. The number of hydrogen-bond donors (Lipinski definition) is 1. The summed E-state index contributed by atoms with van der Waals surface area (Å²) in [4.78, 5) is 27.6. The second-order valence-electron chi connectivity index (χ2n) is 7.76. The molecule has 0 unspecified atom stereocenters. The highest BCUT2D eigenvalue weighted by Crippen LogP contribution is 2.30. The normalized spacial score (nSPS) is 12.6. The summed E-state index contributed by atoms with van der Waals surface area (Å²) in [6.07, 6.45) is 2.03. The van der Waals surface area contributed by atoms with E-state index in [9.17, 15) is 9.59 Å². The molecule has 3 aromatic rings. The fraction of sp³-hybridized carbons (Fsp3) is 0.192. The highest BCUT2D eigenvalue weighted by Gasteiger charge is 2.24. The smallest absolute Gasteiger partial charge is 0.258 e. The maximum Gasteiger partial charge on any atom is 0.258 e. The van der Waals surface area contributed by atoms with Gasteiger partial charge in [-0.2, -0.15) is 5.26 Å². The lowest BCUT2D eigenvalue weighted by atomic mass is 9.98. The van der Waals surface area contributed by atoms with E-state index in [1.165, 1.54) is 0 Å². The van der Waals surface area contributed by atoms with Crippen LogP contribution < -0.4 is 10.2 Å². The van der Waals surface area contributed by atoms with E-state index in [1.807, 2.05) is 60.4 Å². The van der Waals surface area contributed by atoms with Crippen molar-refractivity contribution in [2.75, 3.05) is 16.8 Å². The van der Waals surface area contributed by atoms with Crippen LogP contribution in [0.25, 0.3) is 0 Å². The van der Waals surface area contributed by atoms with E-state index in [4.69, 9.17) is 5.26 Å². The molecule has 4 rings (SSSR count). The highest BCUT2D eigenvalue weighted by atomic mass is 16.2. The topological polar surface area (TPSA) is 73.2 Å². The molecule has 5 heteroatoms. The van der Waals surface area contributed by atoms with Crippen molar-refractivity contribution in [1.82, 2.24) is 0 Å². The molecule has 1 aliphatic rings. The van der Waals surface area contributed by atoms with Crippen molar-refractivity contribution in [3.63, 3.8) is 0 Å². The molecule has 1 N–H and O–H groups in total. The van der Waals surface area contributed by atoms with E-state index < -0.39 is 0 Å². The van der Waals surface area contributed by atoms with Crippen LogP contribution in [0.1, 0.15) is 43.8 Å². The van der Waals surface area contributed by atoms with Crippen LogP contribution in [0.15, 0.2) is 66.7 Å². The summed E-state index contributed by atoms with van der Waals surface area (Å²) < 4.78 is 0. The summed E-state index contributed by atoms with van der Waals surface area (Å²) in [7, 11) is 0. The predicted octanol–water partition coefficient (Wildman–Crippen LogP) is 4.91. The number of rotatable bonds is 4. The van der Waals surface area contributed by atoms with Gasteiger partial charge in [-0.3, -0.25) is 9.59 Å². The maximum absolute atomic E-state index is 13.1. The summed E-state index contributed by atoms with van der Waals surface area (Å²) in [5.74, 6) is -0.211. The van der Waals surface area contributed by atoms with Gasteiger partial charge in [0.15, 0.2) is 0 Å². The minimum Gasteiger partial charge on any atom is -0.322 e. The minimum absolute atomic E-state index is 0.0145. The van der Waals surface area contributed by atoms with Crippen molar-refractivity contribution in [2.45, 2.75) is 26.2 Å². The Balaban J connectivity index is 1.53. The van der Waals surface area contributed by atoms with Gasteiger partial charge in [-0.05, 0) is 73.4 Å². The molecule has 31 heavy (non-hydrogen) atoms. The molecule has 2 amide bonds. The zero-order valence-electron chi connectivity index (χ0n) is 17.4. The van der Waals surface area contributed by atoms with Crippen LogP contribution in [0.2, 0.25) is 0 Å². The summed E-state index contributed by atoms with van der Waals surface area (Å²) in [6, 6.07) is 22.5. The molecule has 1 heterocycles. The summed E-state index contributed by atoms with van der Waals surface area (Å²) >= 11 is 0. The molecular weight excluding hydrogens is 386 g/mol. The average Bonchev–Trinajstić information content (AvgIpc) is 2.79. The van der Waals surface area contributed by atoms with Gasteiger partial charge < -0.3 is 10.2 Å². The van der Waals surface area contributed by atoms with Crippen molar-refractivity contribution in [2.24, 2.45) is 0 Å². The third-order valence-corrected chi connectivity index (χ3v) is 5.47. The molecule has 0 aromatic heterocycles. The van der Waals surface area contributed by atoms with Crippen molar-refractivity contribution in [1.29, 1.82) is 5.26 Å². The molecule has 0 atom stereocenters. The Morgan fingerprint density at radius 3 is 2.58 bits per heavy atom. The lowest BCUT2D eigenvalue weighted by molar-refractivity contribution is 0.0984. The summed E-state index contributed by atoms with van der Waals surface area (Å²) in [6.45, 7) is 2.64. The van der Waals surface area contributed by atoms with E-state index in [1.54, 1.807) is 18.2 Å². The van der Waals surface area contributed by atoms with Crippen molar-refractivity contribution < 1.29 is 9.59 Å². The molecule has 154 valence electrons. The molecule has 3 aromatic carbocycles. The van der Waals surface area contributed by atoms with Crippen molar-refractivity contribution >= 4 is 23.2 Å². The van der Waals surface area contributed by atoms with Crippen LogP contribution in [-0.4, -0.2) is 18.4 Å². The minimum atomic E-state index is -0.196. The molecule has 0 saturated heterocycles. The largest absolute Gasteiger partial charge is 0.322 e. The van der Waals surface area contributed by atoms with Crippen LogP contribution in [0.5, 0.6) is 0 Å². The Kier molecular flexibility index (Phi) is 5.81. The van der Waals surface area contributed by atoms with Gasteiger partial charge in [0.1, 0.15) is 0 Å². The monoisotopic (exact) mass is 409 g/mol. The van der Waals surface area contributed by atoms with E-state index in [-0.39, 0.29) is 11.8 Å². The number of carbonyl (C=O) groups excluding carboxylic acids is 2. The first-order valence-corrected chi connectivity index (χ1v) is 10.3. The number of fused-ring (bicyclic) bond motifs is 1. The maximum atomic E-state index is 13.1. The van der Waals surface area contributed by atoms with Crippen LogP contribution >= 0.6 is 0 Å². The van der Waals surface area contributed by atoms with Crippen LogP contribution in [0.3, 0.4) is 0 Å². The van der Waals surface area contributed by atoms with Gasteiger partial charge >= 0.3 is 0 Å². The first kappa shape index (κ1) is 20.4. The number of nitriles is 1. The standard InChI is InChI=1S/C26H23N3O2/c1-18-4-2-5-22(16-18)26(31)29-15-3-6-20-17-21(9-12-24(20)29)25(30)28-23-10-7-19(8-11-23)13-14-27/h2,4-5,7-12,16-17H,3,6,13,15H2,1H3,(H,28,30). The van der Waals surface area contributed by atoms with Gasteiger partial charge in [0.2, 0.25) is 0 Å². The first-order chi connectivity index (χ1) is 15.0. The fourth-order valence-corrected chi connectivity index (χ4v) is 3.88. The van der Waals surface area contributed by atoms with Gasteiger partial charge in [0.05, 0.1) is 12.5 Å². The Bertz CT molecular complexity index is 1180. The molecular formula is C26H23N3O2. The van der Waals surface area contributed by atoms with E-state index in [2.05, 4.69) is 11.4 Å². The second-order valence-corrected chi connectivity index (χ2v) is 7.76. The van der Waals surface area contributed by atoms with Crippen LogP contribution in [0, 0.1) is 18.3 Å². The molecule has 0 spiro atoms. The van der Waals surface area contributed by atoms with Gasteiger partial charge in [0, 0.05) is 29.0 Å². The number of hydrogen-bond acceptors (Lipinski definition) is 3. The van der Waals surface area contributed by atoms with Crippen molar-refractivity contribution in [3.8, 4) is 6.07 Å². The molecule has 1 aliphatic heterocycles. The van der Waals surface area contributed by atoms with Crippen LogP contribution in [-0.2, 0) is 12.8 Å². The number of nitrogens with zero attached hydrogens (tertiary/aromatic N) is 2. The molecule has 5 nitrogen and oxygen atoms in total. The predicted molar refractivity (Wildman–Crippen MR) is 121 cm³/mol. The molecule has 0 fully saturated rings. The van der Waals surface area contributed by atoms with Gasteiger partial charge in [0.25, 0.3) is 11.8 Å². The Hall–Kier alpha value is -3.91. The van der Waals surface area contributed by atoms with Crippen molar-refractivity contribution in [3.05, 3.63) is 94.5 Å². The van der Waals surface area contributed by atoms with E-state index in [0.717, 1.165) is 35.2 Å². The van der Waals surface area contributed by atoms with Gasteiger partial charge in [-0.1, -0.05) is 29.8 Å².